The molecule has 0 saturated carbocycles. The van der Waals surface area contributed by atoms with Gasteiger partial charge in [0.25, 0.3) is 0 Å². The second-order valence-corrected chi connectivity index (χ2v) is 5.44. The number of amidine groups is 1. The summed E-state index contributed by atoms with van der Waals surface area (Å²) >= 11 is 0. The maximum atomic E-state index is 7.75. The van der Waals surface area contributed by atoms with Crippen molar-refractivity contribution in [3.63, 3.8) is 0 Å². The summed E-state index contributed by atoms with van der Waals surface area (Å²) in [5.41, 5.74) is 11.2. The zero-order valence-corrected chi connectivity index (χ0v) is 13.2. The molecule has 21 heavy (non-hydrogen) atoms. The molecule has 1 heterocycles. The average Bonchev–Trinajstić information content (AvgIpc) is 2.33. The normalized spacial score (nSPS) is 10.5. The van der Waals surface area contributed by atoms with Crippen molar-refractivity contribution in [2.75, 3.05) is 0 Å². The number of nitrogens with one attached hydrogen (secondary N) is 1. The zero-order valence-electron chi connectivity index (χ0n) is 13.2. The van der Waals surface area contributed by atoms with Crippen LogP contribution in [0, 0.1) is 40.0 Å². The maximum absolute atomic E-state index is 7.75. The largest absolute Gasteiger partial charge is 0.456 e. The Morgan fingerprint density at radius 2 is 1.71 bits per heavy atom. The van der Waals surface area contributed by atoms with Gasteiger partial charge in [-0.25, -0.2) is 0 Å². The SMILES string of the molecule is Cc1cc(C)c(C)c(Oc2cc(C)nc(C)c2C(=N)N)c1. The Balaban J connectivity index is 2.57. The predicted molar refractivity (Wildman–Crippen MR) is 85.5 cm³/mol. The van der Waals surface area contributed by atoms with Crippen LogP contribution in [0.1, 0.15) is 33.6 Å². The van der Waals surface area contributed by atoms with Gasteiger partial charge in [-0.3, -0.25) is 10.4 Å². The lowest BCUT2D eigenvalue weighted by Crippen LogP contribution is -2.15. The molecule has 2 aromatic rings. The van der Waals surface area contributed by atoms with Gasteiger partial charge in [-0.05, 0) is 57.4 Å². The van der Waals surface area contributed by atoms with Crippen LogP contribution in [0.3, 0.4) is 0 Å². The Morgan fingerprint density at radius 1 is 1.05 bits per heavy atom. The van der Waals surface area contributed by atoms with E-state index in [1.807, 2.05) is 39.8 Å². The Bertz CT molecular complexity index is 720. The van der Waals surface area contributed by atoms with Crippen LogP contribution >= 0.6 is 0 Å². The minimum absolute atomic E-state index is 0.0305. The Labute approximate surface area is 125 Å². The number of nitrogen functional groups attached to an aromatic ring is 1. The highest BCUT2D eigenvalue weighted by molar-refractivity contribution is 5.98. The molecule has 0 bridgehead atoms. The highest BCUT2D eigenvalue weighted by Crippen LogP contribution is 2.31. The first kappa shape index (κ1) is 15.0. The van der Waals surface area contributed by atoms with Crippen molar-refractivity contribution in [2.24, 2.45) is 5.73 Å². The van der Waals surface area contributed by atoms with Gasteiger partial charge in [0.1, 0.15) is 17.3 Å². The molecule has 0 radical (unpaired) electrons. The highest BCUT2D eigenvalue weighted by atomic mass is 16.5. The van der Waals surface area contributed by atoms with E-state index in [2.05, 4.69) is 18.0 Å². The molecule has 0 aliphatic heterocycles. The van der Waals surface area contributed by atoms with Crippen LogP contribution in [0.5, 0.6) is 11.5 Å². The summed E-state index contributed by atoms with van der Waals surface area (Å²) in [4.78, 5) is 4.35. The zero-order chi connectivity index (χ0) is 15.7. The Kier molecular flexibility index (Phi) is 3.98. The number of benzene rings is 1. The average molecular weight is 283 g/mol. The van der Waals surface area contributed by atoms with Crippen molar-refractivity contribution in [1.29, 1.82) is 5.41 Å². The highest BCUT2D eigenvalue weighted by Gasteiger charge is 2.15. The molecule has 0 spiro atoms. The number of nitrogens with two attached hydrogens (primary N) is 1. The summed E-state index contributed by atoms with van der Waals surface area (Å²) in [5.74, 6) is 1.35. The number of ether oxygens (including phenoxy) is 1. The molecule has 0 saturated heterocycles. The minimum Gasteiger partial charge on any atom is -0.456 e. The van der Waals surface area contributed by atoms with Gasteiger partial charge in [0.15, 0.2) is 0 Å². The van der Waals surface area contributed by atoms with Crippen molar-refractivity contribution in [1.82, 2.24) is 4.98 Å². The van der Waals surface area contributed by atoms with E-state index in [0.717, 1.165) is 22.6 Å². The quantitative estimate of drug-likeness (QED) is 0.666. The summed E-state index contributed by atoms with van der Waals surface area (Å²) in [6, 6.07) is 5.94. The Morgan fingerprint density at radius 3 is 2.33 bits per heavy atom. The molecule has 3 N–H and O–H groups in total. The van der Waals surface area contributed by atoms with Gasteiger partial charge in [0.05, 0.1) is 11.3 Å². The fourth-order valence-electron chi connectivity index (χ4n) is 2.43. The summed E-state index contributed by atoms with van der Waals surface area (Å²) < 4.78 is 6.06. The summed E-state index contributed by atoms with van der Waals surface area (Å²) in [5, 5.41) is 7.75. The topological polar surface area (TPSA) is 72.0 Å². The molecular weight excluding hydrogens is 262 g/mol. The molecule has 4 heteroatoms. The van der Waals surface area contributed by atoms with Crippen LogP contribution in [0.4, 0.5) is 0 Å². The predicted octanol–water partition coefficient (Wildman–Crippen LogP) is 3.70. The van der Waals surface area contributed by atoms with Crippen LogP contribution in [-0.2, 0) is 0 Å². The lowest BCUT2D eigenvalue weighted by Gasteiger charge is -2.16. The van der Waals surface area contributed by atoms with E-state index < -0.39 is 0 Å². The lowest BCUT2D eigenvalue weighted by atomic mass is 10.1. The molecule has 0 unspecified atom stereocenters. The fourth-order valence-corrected chi connectivity index (χ4v) is 2.43. The summed E-state index contributed by atoms with van der Waals surface area (Å²) in [6.45, 7) is 9.86. The number of pyridine rings is 1. The summed E-state index contributed by atoms with van der Waals surface area (Å²) in [7, 11) is 0. The van der Waals surface area contributed by atoms with Crippen molar-refractivity contribution < 1.29 is 4.74 Å². The smallest absolute Gasteiger partial charge is 0.141 e. The number of aromatic nitrogens is 1. The van der Waals surface area contributed by atoms with Crippen molar-refractivity contribution >= 4 is 5.84 Å². The molecule has 110 valence electrons. The third-order valence-electron chi connectivity index (χ3n) is 3.55. The van der Waals surface area contributed by atoms with Gasteiger partial charge in [-0.1, -0.05) is 6.07 Å². The molecule has 0 aliphatic carbocycles. The summed E-state index contributed by atoms with van der Waals surface area (Å²) in [6.07, 6.45) is 0. The van der Waals surface area contributed by atoms with Gasteiger partial charge in [0, 0.05) is 11.8 Å². The molecule has 1 aromatic carbocycles. The molecule has 4 nitrogen and oxygen atoms in total. The molecule has 0 fully saturated rings. The van der Waals surface area contributed by atoms with E-state index in [9.17, 15) is 0 Å². The van der Waals surface area contributed by atoms with Gasteiger partial charge in [-0.15, -0.1) is 0 Å². The maximum Gasteiger partial charge on any atom is 0.141 e. The van der Waals surface area contributed by atoms with Crippen LogP contribution in [0.15, 0.2) is 18.2 Å². The van der Waals surface area contributed by atoms with E-state index in [1.54, 1.807) is 0 Å². The van der Waals surface area contributed by atoms with Crippen LogP contribution < -0.4 is 10.5 Å². The van der Waals surface area contributed by atoms with Crippen molar-refractivity contribution in [3.8, 4) is 11.5 Å². The molecule has 0 atom stereocenters. The van der Waals surface area contributed by atoms with Crippen molar-refractivity contribution in [2.45, 2.75) is 34.6 Å². The third kappa shape index (κ3) is 3.05. The van der Waals surface area contributed by atoms with Crippen LogP contribution in [-0.4, -0.2) is 10.8 Å². The number of aryl methyl sites for hydroxylation is 4. The lowest BCUT2D eigenvalue weighted by molar-refractivity contribution is 0.475. The second-order valence-electron chi connectivity index (χ2n) is 5.44. The molecule has 0 amide bonds. The second kappa shape index (κ2) is 5.56. The monoisotopic (exact) mass is 283 g/mol. The number of nitrogens with zero attached hydrogens (tertiary/aromatic N) is 1. The molecule has 0 aliphatic rings. The molecule has 1 aromatic heterocycles. The standard InChI is InChI=1S/C17H21N3O/c1-9-6-10(2)12(4)14(7-9)21-15-8-11(3)20-13(5)16(15)17(18)19/h6-8H,1-5H3,(H3,18,19). The van der Waals surface area contributed by atoms with Crippen LogP contribution in [0.25, 0.3) is 0 Å². The van der Waals surface area contributed by atoms with E-state index in [4.69, 9.17) is 15.9 Å². The number of rotatable bonds is 3. The molecular formula is C17H21N3O. The first-order valence-electron chi connectivity index (χ1n) is 6.88. The van der Waals surface area contributed by atoms with Crippen LogP contribution in [0.2, 0.25) is 0 Å². The Hall–Kier alpha value is -2.36. The first-order valence-corrected chi connectivity index (χ1v) is 6.88. The van der Waals surface area contributed by atoms with Gasteiger partial charge < -0.3 is 10.5 Å². The van der Waals surface area contributed by atoms with E-state index in [0.29, 0.717) is 17.0 Å². The van der Waals surface area contributed by atoms with Crippen molar-refractivity contribution in [3.05, 3.63) is 51.8 Å². The molecule has 2 rings (SSSR count). The van der Waals surface area contributed by atoms with E-state index in [-0.39, 0.29) is 5.84 Å². The fraction of sp³-hybridized carbons (Fsp3) is 0.294. The van der Waals surface area contributed by atoms with Gasteiger partial charge in [-0.2, -0.15) is 0 Å². The number of hydrogen-bond donors (Lipinski definition) is 2. The van der Waals surface area contributed by atoms with E-state index >= 15 is 0 Å². The number of hydrogen-bond acceptors (Lipinski definition) is 3. The minimum atomic E-state index is -0.0305. The van der Waals surface area contributed by atoms with Gasteiger partial charge in [0.2, 0.25) is 0 Å². The first-order chi connectivity index (χ1) is 9.79. The van der Waals surface area contributed by atoms with Gasteiger partial charge >= 0.3 is 0 Å². The van der Waals surface area contributed by atoms with E-state index in [1.165, 1.54) is 5.56 Å². The third-order valence-corrected chi connectivity index (χ3v) is 3.55.